The van der Waals surface area contributed by atoms with Crippen LogP contribution in [0.25, 0.3) is 10.2 Å². The molecule has 0 radical (unpaired) electrons. The average molecular weight is 395 g/mol. The van der Waals surface area contributed by atoms with Crippen LogP contribution in [0.2, 0.25) is 0 Å². The van der Waals surface area contributed by atoms with Crippen molar-refractivity contribution in [1.29, 1.82) is 0 Å². The van der Waals surface area contributed by atoms with E-state index in [9.17, 15) is 4.79 Å². The van der Waals surface area contributed by atoms with Crippen molar-refractivity contribution >= 4 is 32.6 Å². The van der Waals surface area contributed by atoms with Crippen LogP contribution in [0.15, 0.2) is 30.3 Å². The number of thiazole rings is 1. The van der Waals surface area contributed by atoms with Gasteiger partial charge in [-0.25, -0.2) is 4.98 Å². The molecule has 1 atom stereocenters. The highest BCUT2D eigenvalue weighted by Gasteiger charge is 2.28. The number of aryl methyl sites for hydroxylation is 4. The number of ether oxygens (including phenoxy) is 1. The maximum atomic E-state index is 13.6. The Morgan fingerprint density at radius 3 is 2.71 bits per heavy atom. The van der Waals surface area contributed by atoms with Gasteiger partial charge in [0.25, 0.3) is 5.91 Å². The first-order valence-corrected chi connectivity index (χ1v) is 10.6. The molecule has 2 heterocycles. The lowest BCUT2D eigenvalue weighted by atomic mass is 10.0. The predicted octanol–water partition coefficient (Wildman–Crippen LogP) is 5.36. The standard InChI is InChI=1S/C23H26N2O2S/c1-14-7-8-16(3)19(12-14)22(26)25(13-18-6-5-11-27-18)23-24-21-17(4)15(2)9-10-20(21)28-23/h7-10,12,18H,5-6,11,13H2,1-4H3. The SMILES string of the molecule is Cc1ccc(C)c(C(=O)N(CC2CCCO2)c2nc3c(C)c(C)ccc3s2)c1. The third kappa shape index (κ3) is 3.56. The number of nitrogens with zero attached hydrogens (tertiary/aromatic N) is 2. The average Bonchev–Trinajstić information content (AvgIpc) is 3.34. The number of hydrogen-bond acceptors (Lipinski definition) is 4. The van der Waals surface area contributed by atoms with Crippen LogP contribution in [-0.2, 0) is 4.74 Å². The molecule has 1 saturated heterocycles. The molecular weight excluding hydrogens is 368 g/mol. The van der Waals surface area contributed by atoms with Crippen LogP contribution in [0.1, 0.15) is 45.5 Å². The van der Waals surface area contributed by atoms with E-state index in [-0.39, 0.29) is 12.0 Å². The molecule has 1 aliphatic rings. The van der Waals surface area contributed by atoms with Crippen molar-refractivity contribution in [3.63, 3.8) is 0 Å². The molecule has 1 aliphatic heterocycles. The summed E-state index contributed by atoms with van der Waals surface area (Å²) in [6.45, 7) is 9.52. The lowest BCUT2D eigenvalue weighted by Crippen LogP contribution is -2.37. The van der Waals surface area contributed by atoms with Crippen molar-refractivity contribution in [2.75, 3.05) is 18.1 Å². The molecule has 146 valence electrons. The molecular formula is C23H26N2O2S. The second kappa shape index (κ2) is 7.64. The zero-order valence-corrected chi connectivity index (χ0v) is 17.7. The van der Waals surface area contributed by atoms with E-state index in [0.29, 0.717) is 6.54 Å². The third-order valence-electron chi connectivity index (χ3n) is 5.58. The Bertz CT molecular complexity index is 1030. The van der Waals surface area contributed by atoms with Gasteiger partial charge >= 0.3 is 0 Å². The Labute approximate surface area is 170 Å². The Kier molecular flexibility index (Phi) is 5.21. The summed E-state index contributed by atoms with van der Waals surface area (Å²) in [6.07, 6.45) is 2.11. The van der Waals surface area contributed by atoms with E-state index in [1.54, 1.807) is 11.3 Å². The highest BCUT2D eigenvalue weighted by atomic mass is 32.1. The minimum atomic E-state index is 0.00475. The lowest BCUT2D eigenvalue weighted by Gasteiger charge is -2.24. The molecule has 0 saturated carbocycles. The van der Waals surface area contributed by atoms with Gasteiger partial charge in [0.15, 0.2) is 5.13 Å². The van der Waals surface area contributed by atoms with Crippen molar-refractivity contribution in [3.8, 4) is 0 Å². The Hall–Kier alpha value is -2.24. The molecule has 0 aliphatic carbocycles. The molecule has 0 spiro atoms. The second-order valence-corrected chi connectivity index (χ2v) is 8.73. The lowest BCUT2D eigenvalue weighted by molar-refractivity contribution is 0.0917. The summed E-state index contributed by atoms with van der Waals surface area (Å²) < 4.78 is 6.96. The van der Waals surface area contributed by atoms with Gasteiger partial charge in [-0.1, -0.05) is 35.1 Å². The summed E-state index contributed by atoms with van der Waals surface area (Å²) >= 11 is 1.58. The number of carbonyl (C=O) groups is 1. The van der Waals surface area contributed by atoms with Crippen molar-refractivity contribution in [3.05, 3.63) is 58.1 Å². The van der Waals surface area contributed by atoms with Gasteiger partial charge in [-0.05, 0) is 69.4 Å². The molecule has 1 unspecified atom stereocenters. The summed E-state index contributed by atoms with van der Waals surface area (Å²) in [7, 11) is 0. The first-order chi connectivity index (χ1) is 13.4. The van der Waals surface area contributed by atoms with Crippen molar-refractivity contribution in [1.82, 2.24) is 4.98 Å². The first-order valence-electron chi connectivity index (χ1n) is 9.81. The zero-order valence-electron chi connectivity index (χ0n) is 16.9. The number of rotatable bonds is 4. The predicted molar refractivity (Wildman–Crippen MR) is 116 cm³/mol. The third-order valence-corrected chi connectivity index (χ3v) is 6.63. The summed E-state index contributed by atoms with van der Waals surface area (Å²) in [5, 5.41) is 0.755. The van der Waals surface area contributed by atoms with Crippen LogP contribution in [0.5, 0.6) is 0 Å². The van der Waals surface area contributed by atoms with E-state index in [1.807, 2.05) is 36.9 Å². The van der Waals surface area contributed by atoms with Gasteiger partial charge in [-0.15, -0.1) is 0 Å². The number of anilines is 1. The molecule has 1 amide bonds. The van der Waals surface area contributed by atoms with Crippen LogP contribution < -0.4 is 4.90 Å². The van der Waals surface area contributed by atoms with E-state index in [4.69, 9.17) is 9.72 Å². The normalized spacial score (nSPS) is 16.6. The fourth-order valence-electron chi connectivity index (χ4n) is 3.68. The Morgan fingerprint density at radius 2 is 1.96 bits per heavy atom. The second-order valence-electron chi connectivity index (χ2n) is 7.72. The van der Waals surface area contributed by atoms with Gasteiger partial charge < -0.3 is 4.74 Å². The number of hydrogen-bond donors (Lipinski definition) is 0. The van der Waals surface area contributed by atoms with Crippen molar-refractivity contribution in [2.45, 2.75) is 46.6 Å². The summed E-state index contributed by atoms with van der Waals surface area (Å²) in [5.74, 6) is 0.00475. The molecule has 1 aromatic heterocycles. The number of carbonyl (C=O) groups excluding carboxylic acids is 1. The van der Waals surface area contributed by atoms with E-state index in [0.717, 1.165) is 51.5 Å². The molecule has 1 fully saturated rings. The van der Waals surface area contributed by atoms with Gasteiger partial charge in [0.1, 0.15) is 0 Å². The quantitative estimate of drug-likeness (QED) is 0.598. The molecule has 28 heavy (non-hydrogen) atoms. The summed E-state index contributed by atoms with van der Waals surface area (Å²) in [6, 6.07) is 10.3. The number of benzene rings is 2. The maximum absolute atomic E-state index is 13.6. The molecule has 0 N–H and O–H groups in total. The van der Waals surface area contributed by atoms with Gasteiger partial charge in [-0.2, -0.15) is 0 Å². The van der Waals surface area contributed by atoms with Gasteiger partial charge in [0.2, 0.25) is 0 Å². The minimum Gasteiger partial charge on any atom is -0.376 e. The highest BCUT2D eigenvalue weighted by molar-refractivity contribution is 7.22. The molecule has 0 bridgehead atoms. The van der Waals surface area contributed by atoms with Crippen LogP contribution in [0.4, 0.5) is 5.13 Å². The van der Waals surface area contributed by atoms with Crippen molar-refractivity contribution in [2.24, 2.45) is 0 Å². The van der Waals surface area contributed by atoms with E-state index in [1.165, 1.54) is 11.1 Å². The monoisotopic (exact) mass is 394 g/mol. The molecule has 4 rings (SSSR count). The summed E-state index contributed by atoms with van der Waals surface area (Å²) in [4.78, 5) is 20.3. The van der Waals surface area contributed by atoms with E-state index < -0.39 is 0 Å². The first kappa shape index (κ1) is 19.1. The van der Waals surface area contributed by atoms with Gasteiger partial charge in [0, 0.05) is 12.2 Å². The number of fused-ring (bicyclic) bond motifs is 1. The molecule has 3 aromatic rings. The minimum absolute atomic E-state index is 0.00475. The van der Waals surface area contributed by atoms with E-state index in [2.05, 4.69) is 26.0 Å². The Balaban J connectivity index is 1.78. The molecule has 5 heteroatoms. The van der Waals surface area contributed by atoms with Gasteiger partial charge in [-0.3, -0.25) is 9.69 Å². The molecule has 2 aromatic carbocycles. The fraction of sp³-hybridized carbons (Fsp3) is 0.391. The Morgan fingerprint density at radius 1 is 1.18 bits per heavy atom. The maximum Gasteiger partial charge on any atom is 0.260 e. The van der Waals surface area contributed by atoms with E-state index >= 15 is 0 Å². The van der Waals surface area contributed by atoms with Gasteiger partial charge in [0.05, 0.1) is 22.9 Å². The topological polar surface area (TPSA) is 42.4 Å². The van der Waals surface area contributed by atoms with Crippen LogP contribution in [0.3, 0.4) is 0 Å². The van der Waals surface area contributed by atoms with Crippen LogP contribution >= 0.6 is 11.3 Å². The zero-order chi connectivity index (χ0) is 19.8. The van der Waals surface area contributed by atoms with Crippen LogP contribution in [0, 0.1) is 27.7 Å². The smallest absolute Gasteiger partial charge is 0.260 e. The van der Waals surface area contributed by atoms with Crippen LogP contribution in [-0.4, -0.2) is 30.1 Å². The largest absolute Gasteiger partial charge is 0.376 e. The number of aromatic nitrogens is 1. The molecule has 4 nitrogen and oxygen atoms in total. The fourth-order valence-corrected chi connectivity index (χ4v) is 4.71. The summed E-state index contributed by atoms with van der Waals surface area (Å²) in [5.41, 5.74) is 6.20. The number of amides is 1. The highest BCUT2D eigenvalue weighted by Crippen LogP contribution is 2.33. The van der Waals surface area contributed by atoms with Crippen molar-refractivity contribution < 1.29 is 9.53 Å².